The van der Waals surface area contributed by atoms with Crippen molar-refractivity contribution in [2.75, 3.05) is 0 Å². The zero-order chi connectivity index (χ0) is 31.0. The van der Waals surface area contributed by atoms with E-state index in [1.165, 1.54) is 0 Å². The first-order valence-electron chi connectivity index (χ1n) is 15.8. The SMILES string of the molecule is [2H]c1c([2H])c([2H])c2c(c1[2H])c1c([2H])c([2H])c([2H])c([2H])c1c1c3c([2H])c([2H])c([2H])c([2H])c3c3c([2H])c([2H])c([2H])c([2H])c3c21. The topological polar surface area (TPSA) is 0 Å². The molecule has 0 fully saturated rings. The molecule has 0 saturated heterocycles. The Morgan fingerprint density at radius 3 is 0.731 bits per heavy atom. The van der Waals surface area contributed by atoms with Gasteiger partial charge in [0.2, 0.25) is 0 Å². The molecule has 0 aromatic heterocycles. The lowest BCUT2D eigenvalue weighted by atomic mass is 9.87. The minimum atomic E-state index is -0.710. The molecule has 0 bridgehead atoms. The predicted octanol–water partition coefficient (Wildman–Crippen LogP) is 7.45. The van der Waals surface area contributed by atoms with E-state index >= 15 is 0 Å². The summed E-state index contributed by atoms with van der Waals surface area (Å²) in [6.07, 6.45) is 0. The van der Waals surface area contributed by atoms with Crippen LogP contribution in [0.2, 0.25) is 0 Å². The Labute approximate surface area is 173 Å². The van der Waals surface area contributed by atoms with Gasteiger partial charge in [0, 0.05) is 0 Å². The van der Waals surface area contributed by atoms with Gasteiger partial charge in [0.05, 0.1) is 21.9 Å². The van der Waals surface area contributed by atoms with Crippen molar-refractivity contribution in [3.63, 3.8) is 0 Å². The van der Waals surface area contributed by atoms with E-state index in [0.717, 1.165) is 0 Å². The van der Waals surface area contributed by atoms with Crippen LogP contribution in [0.25, 0.3) is 53.9 Å². The highest BCUT2D eigenvalue weighted by Gasteiger charge is 2.14. The summed E-state index contributed by atoms with van der Waals surface area (Å²) in [4.78, 5) is 0. The van der Waals surface area contributed by atoms with E-state index in [9.17, 15) is 0 Å². The van der Waals surface area contributed by atoms with Gasteiger partial charge in [-0.3, -0.25) is 0 Å². The molecule has 26 heavy (non-hydrogen) atoms. The van der Waals surface area contributed by atoms with Crippen LogP contribution in [-0.2, 0) is 0 Å². The van der Waals surface area contributed by atoms with E-state index < -0.39 is 96.7 Å². The van der Waals surface area contributed by atoms with Crippen molar-refractivity contribution in [2.45, 2.75) is 0 Å². The van der Waals surface area contributed by atoms with Gasteiger partial charge >= 0.3 is 0 Å². The van der Waals surface area contributed by atoms with Gasteiger partial charge in [0.1, 0.15) is 0 Å². The molecule has 0 radical (unpaired) electrons. The molecule has 0 N–H and O–H groups in total. The van der Waals surface area contributed by atoms with Crippen LogP contribution < -0.4 is 0 Å². The summed E-state index contributed by atoms with van der Waals surface area (Å²) in [5.41, 5.74) is 0. The summed E-state index contributed by atoms with van der Waals surface area (Å²) in [6.45, 7) is 0. The summed E-state index contributed by atoms with van der Waals surface area (Å²) in [6, 6.07) is -10.8. The molecule has 0 aliphatic heterocycles. The first-order chi connectivity index (χ1) is 19.6. The molecular formula is C26H16. The lowest BCUT2D eigenvalue weighted by Crippen LogP contribution is -1.87. The molecule has 0 nitrogen and oxygen atoms in total. The van der Waals surface area contributed by atoms with Gasteiger partial charge in [0.15, 0.2) is 0 Å². The molecule has 0 unspecified atom stereocenters. The third-order valence-corrected chi connectivity index (χ3v) is 4.50. The van der Waals surface area contributed by atoms with Crippen LogP contribution in [0.5, 0.6) is 0 Å². The fraction of sp³-hybridized carbons (Fsp3) is 0. The van der Waals surface area contributed by atoms with Gasteiger partial charge in [-0.25, -0.2) is 0 Å². The quantitative estimate of drug-likeness (QED) is 0.251. The molecule has 0 saturated carbocycles. The average molecular weight is 345 g/mol. The second kappa shape index (κ2) is 5.06. The first-order valence-corrected chi connectivity index (χ1v) is 7.75. The van der Waals surface area contributed by atoms with Crippen molar-refractivity contribution in [2.24, 2.45) is 0 Å². The number of fused-ring (bicyclic) bond motifs is 11. The molecule has 0 atom stereocenters. The summed E-state index contributed by atoms with van der Waals surface area (Å²) < 4.78 is 137. The predicted molar refractivity (Wildman–Crippen MR) is 114 cm³/mol. The first kappa shape index (κ1) is 5.56. The fourth-order valence-electron chi connectivity index (χ4n) is 3.50. The maximum Gasteiger partial charge on any atom is 0.0629 e. The van der Waals surface area contributed by atoms with Crippen molar-refractivity contribution in [1.29, 1.82) is 0 Å². The van der Waals surface area contributed by atoms with Crippen LogP contribution in [0.4, 0.5) is 0 Å². The Morgan fingerprint density at radius 1 is 0.308 bits per heavy atom. The van der Waals surface area contributed by atoms with Crippen LogP contribution in [0.3, 0.4) is 0 Å². The zero-order valence-electron chi connectivity index (χ0n) is 29.0. The fourth-order valence-corrected chi connectivity index (χ4v) is 3.50. The maximum absolute atomic E-state index is 8.85. The number of hydrogen-bond acceptors (Lipinski definition) is 0. The van der Waals surface area contributed by atoms with Gasteiger partial charge in [-0.15, -0.1) is 0 Å². The molecule has 6 rings (SSSR count). The second-order valence-electron chi connectivity index (χ2n) is 5.75. The lowest BCUT2D eigenvalue weighted by Gasteiger charge is -2.16. The van der Waals surface area contributed by atoms with E-state index in [0.29, 0.717) is 0 Å². The van der Waals surface area contributed by atoms with E-state index in [1.807, 2.05) is 0 Å². The third kappa shape index (κ3) is 1.69. The summed E-state index contributed by atoms with van der Waals surface area (Å²) in [5.74, 6) is 0. The second-order valence-corrected chi connectivity index (χ2v) is 5.75. The van der Waals surface area contributed by atoms with E-state index in [2.05, 4.69) is 0 Å². The van der Waals surface area contributed by atoms with Crippen LogP contribution >= 0.6 is 0 Å². The molecule has 0 aliphatic carbocycles. The Kier molecular flexibility index (Phi) is 1.08. The summed E-state index contributed by atoms with van der Waals surface area (Å²) in [7, 11) is 0. The Balaban J connectivity index is 2.32. The Bertz CT molecular complexity index is 1990. The van der Waals surface area contributed by atoms with E-state index in [-0.39, 0.29) is 53.9 Å². The van der Waals surface area contributed by atoms with Crippen LogP contribution in [-0.4, -0.2) is 0 Å². The molecule has 6 aromatic rings. The highest BCUT2D eigenvalue weighted by molar-refractivity contribution is 6.39. The smallest absolute Gasteiger partial charge is 0.0616 e. The Morgan fingerprint density at radius 2 is 0.500 bits per heavy atom. The summed E-state index contributed by atoms with van der Waals surface area (Å²) in [5, 5.41) is -2.97. The van der Waals surface area contributed by atoms with Gasteiger partial charge in [-0.05, 0) is 53.9 Å². The molecule has 0 heterocycles. The van der Waals surface area contributed by atoms with Crippen molar-refractivity contribution < 1.29 is 21.9 Å². The third-order valence-electron chi connectivity index (χ3n) is 4.50. The minimum Gasteiger partial charge on any atom is -0.0616 e. The van der Waals surface area contributed by atoms with Crippen molar-refractivity contribution in [3.8, 4) is 0 Å². The van der Waals surface area contributed by atoms with Crippen LogP contribution in [0, 0.1) is 0 Å². The van der Waals surface area contributed by atoms with Crippen molar-refractivity contribution >= 4 is 53.9 Å². The van der Waals surface area contributed by atoms with Gasteiger partial charge in [0.25, 0.3) is 0 Å². The molecule has 0 heteroatoms. The minimum absolute atomic E-state index is 0.242. The highest BCUT2D eigenvalue weighted by Crippen LogP contribution is 2.43. The van der Waals surface area contributed by atoms with Crippen LogP contribution in [0.15, 0.2) is 96.7 Å². The largest absolute Gasteiger partial charge is 0.0629 e. The average Bonchev–Trinajstić information content (AvgIpc) is 2.97. The normalized spacial score (nSPS) is 20.5. The zero-order valence-corrected chi connectivity index (χ0v) is 13.0. The molecule has 0 amide bonds. The number of hydrogen-bond donors (Lipinski definition) is 0. The van der Waals surface area contributed by atoms with Crippen molar-refractivity contribution in [3.05, 3.63) is 96.7 Å². The maximum atomic E-state index is 8.85. The molecule has 0 spiro atoms. The lowest BCUT2D eigenvalue weighted by molar-refractivity contribution is 1.78. The van der Waals surface area contributed by atoms with Crippen LogP contribution in [0.1, 0.15) is 21.9 Å². The van der Waals surface area contributed by atoms with Gasteiger partial charge in [-0.2, -0.15) is 0 Å². The summed E-state index contributed by atoms with van der Waals surface area (Å²) >= 11 is 0. The molecule has 120 valence electrons. The molecule has 0 aliphatic rings. The monoisotopic (exact) mass is 344 g/mol. The molecule has 6 aromatic carbocycles. The Hall–Kier alpha value is -3.38. The van der Waals surface area contributed by atoms with E-state index in [4.69, 9.17) is 21.9 Å². The standard InChI is InChI=1S/C26H16/c1-5-13-21-17(9-1)18-10-2-6-14-22(18)26-24-16-8-4-12-20(24)19-11-3-7-15-23(19)25(21)26/h1-16H/i1D,2D,3D,4D,5D,6D,7D,8D,9D,10D,11D,12D,13D,14D,15D,16D. The number of benzene rings is 6. The van der Waals surface area contributed by atoms with Gasteiger partial charge in [-0.1, -0.05) is 96.7 Å². The molecular weight excluding hydrogens is 312 g/mol. The van der Waals surface area contributed by atoms with Gasteiger partial charge < -0.3 is 0 Å². The van der Waals surface area contributed by atoms with Crippen molar-refractivity contribution in [1.82, 2.24) is 0 Å². The highest BCUT2D eigenvalue weighted by atomic mass is 14.2. The number of rotatable bonds is 0. The van der Waals surface area contributed by atoms with E-state index in [1.54, 1.807) is 0 Å².